The van der Waals surface area contributed by atoms with Crippen LogP contribution in [0.5, 0.6) is 0 Å². The Bertz CT molecular complexity index is 644. The van der Waals surface area contributed by atoms with Gasteiger partial charge in [-0.3, -0.25) is 4.79 Å². The number of aliphatic hydroxyl groups excluding tert-OH is 1. The smallest absolute Gasteiger partial charge is 0.396 e. The van der Waals surface area contributed by atoms with Gasteiger partial charge >= 0.3 is 6.18 Å². The summed E-state index contributed by atoms with van der Waals surface area (Å²) in [5.74, 6) is 0. The number of alkyl halides is 3. The van der Waals surface area contributed by atoms with Crippen molar-refractivity contribution in [2.75, 3.05) is 6.61 Å². The highest BCUT2D eigenvalue weighted by molar-refractivity contribution is 5.29. The second kappa shape index (κ2) is 5.54. The topological polar surface area (TPSA) is 58.0 Å². The third-order valence-corrected chi connectivity index (χ3v) is 2.95. The molecule has 0 aliphatic heterocycles. The molecule has 7 heteroatoms. The number of aliphatic hydroxyl groups is 1. The van der Waals surface area contributed by atoms with E-state index in [4.69, 9.17) is 5.11 Å². The van der Waals surface area contributed by atoms with Gasteiger partial charge in [-0.05, 0) is 11.6 Å². The number of nitrogens with one attached hydrogen (secondary N) is 1. The van der Waals surface area contributed by atoms with Crippen molar-refractivity contribution in [3.63, 3.8) is 0 Å². The van der Waals surface area contributed by atoms with Crippen molar-refractivity contribution in [1.29, 1.82) is 0 Å². The summed E-state index contributed by atoms with van der Waals surface area (Å²) in [6, 6.07) is 5.12. The van der Waals surface area contributed by atoms with E-state index in [-0.39, 0.29) is 25.1 Å². The van der Waals surface area contributed by atoms with Crippen LogP contribution in [0.3, 0.4) is 0 Å². The summed E-state index contributed by atoms with van der Waals surface area (Å²) in [5.41, 5.74) is -0.822. The van der Waals surface area contributed by atoms with Gasteiger partial charge in [0, 0.05) is 24.8 Å². The SMILES string of the molecule is O=c1c(CCO)c[nH]n1Cc1ccccc1C(F)(F)F. The van der Waals surface area contributed by atoms with Crippen LogP contribution in [-0.2, 0) is 19.1 Å². The minimum absolute atomic E-state index is 0.0134. The van der Waals surface area contributed by atoms with Crippen molar-refractivity contribution in [3.05, 3.63) is 57.5 Å². The molecule has 0 fully saturated rings. The first-order valence-electron chi connectivity index (χ1n) is 5.96. The zero-order valence-electron chi connectivity index (χ0n) is 10.4. The molecule has 2 aromatic rings. The minimum Gasteiger partial charge on any atom is -0.396 e. The van der Waals surface area contributed by atoms with E-state index in [1.54, 1.807) is 0 Å². The molecule has 0 radical (unpaired) electrons. The highest BCUT2D eigenvalue weighted by atomic mass is 19.4. The van der Waals surface area contributed by atoms with Crippen LogP contribution >= 0.6 is 0 Å². The van der Waals surface area contributed by atoms with Gasteiger partial charge in [0.05, 0.1) is 12.1 Å². The fourth-order valence-corrected chi connectivity index (χ4v) is 1.97. The first-order chi connectivity index (χ1) is 9.43. The number of hydrogen-bond acceptors (Lipinski definition) is 2. The van der Waals surface area contributed by atoms with Crippen LogP contribution in [0.25, 0.3) is 0 Å². The molecule has 1 aromatic heterocycles. The molecule has 0 amide bonds. The first-order valence-corrected chi connectivity index (χ1v) is 5.96. The van der Waals surface area contributed by atoms with Crippen LogP contribution in [0.2, 0.25) is 0 Å². The van der Waals surface area contributed by atoms with Crippen molar-refractivity contribution in [1.82, 2.24) is 9.78 Å². The lowest BCUT2D eigenvalue weighted by Gasteiger charge is -2.12. The Morgan fingerprint density at radius 2 is 1.90 bits per heavy atom. The molecule has 20 heavy (non-hydrogen) atoms. The number of aromatic nitrogens is 2. The van der Waals surface area contributed by atoms with Gasteiger partial charge in [-0.15, -0.1) is 0 Å². The molecule has 1 heterocycles. The second-order valence-electron chi connectivity index (χ2n) is 4.32. The molecule has 0 unspecified atom stereocenters. The summed E-state index contributed by atoms with van der Waals surface area (Å²) in [4.78, 5) is 11.9. The van der Waals surface area contributed by atoms with Gasteiger partial charge in [0.15, 0.2) is 0 Å². The largest absolute Gasteiger partial charge is 0.416 e. The molecule has 108 valence electrons. The molecule has 4 nitrogen and oxygen atoms in total. The van der Waals surface area contributed by atoms with Gasteiger partial charge in [0.2, 0.25) is 0 Å². The van der Waals surface area contributed by atoms with Crippen LogP contribution in [-0.4, -0.2) is 21.5 Å². The van der Waals surface area contributed by atoms with E-state index in [0.717, 1.165) is 10.7 Å². The fraction of sp³-hybridized carbons (Fsp3) is 0.308. The van der Waals surface area contributed by atoms with E-state index in [1.165, 1.54) is 24.4 Å². The number of benzene rings is 1. The summed E-state index contributed by atoms with van der Waals surface area (Å²) in [6.07, 6.45) is -2.89. The Morgan fingerprint density at radius 1 is 1.20 bits per heavy atom. The highest BCUT2D eigenvalue weighted by Crippen LogP contribution is 2.31. The summed E-state index contributed by atoms with van der Waals surface area (Å²) >= 11 is 0. The van der Waals surface area contributed by atoms with Crippen molar-refractivity contribution in [2.24, 2.45) is 0 Å². The Kier molecular flexibility index (Phi) is 3.99. The Hall–Kier alpha value is -2.02. The summed E-state index contributed by atoms with van der Waals surface area (Å²) in [7, 11) is 0. The van der Waals surface area contributed by atoms with Crippen LogP contribution in [0.15, 0.2) is 35.3 Å². The maximum absolute atomic E-state index is 12.8. The van der Waals surface area contributed by atoms with E-state index in [9.17, 15) is 18.0 Å². The zero-order valence-corrected chi connectivity index (χ0v) is 10.4. The Labute approximate surface area is 112 Å². The highest BCUT2D eigenvalue weighted by Gasteiger charge is 2.33. The van der Waals surface area contributed by atoms with Crippen LogP contribution < -0.4 is 5.56 Å². The second-order valence-corrected chi connectivity index (χ2v) is 4.32. The predicted molar refractivity (Wildman–Crippen MR) is 66.4 cm³/mol. The minimum atomic E-state index is -4.46. The Balaban J connectivity index is 2.34. The third-order valence-electron chi connectivity index (χ3n) is 2.95. The normalized spacial score (nSPS) is 11.8. The lowest BCUT2D eigenvalue weighted by atomic mass is 10.1. The molecule has 0 aliphatic rings. The number of aromatic amines is 1. The summed E-state index contributed by atoms with van der Waals surface area (Å²) in [5, 5.41) is 11.4. The zero-order chi connectivity index (χ0) is 14.8. The molecule has 0 aliphatic carbocycles. The summed E-state index contributed by atoms with van der Waals surface area (Å²) < 4.78 is 39.6. The van der Waals surface area contributed by atoms with Gasteiger partial charge in [-0.1, -0.05) is 18.2 Å². The lowest BCUT2D eigenvalue weighted by molar-refractivity contribution is -0.138. The fourth-order valence-electron chi connectivity index (χ4n) is 1.97. The van der Waals surface area contributed by atoms with Crippen LogP contribution in [0, 0.1) is 0 Å². The maximum Gasteiger partial charge on any atom is 0.416 e. The van der Waals surface area contributed by atoms with Gasteiger partial charge in [0.25, 0.3) is 5.56 Å². The van der Waals surface area contributed by atoms with E-state index in [0.29, 0.717) is 5.56 Å². The molecule has 0 saturated carbocycles. The van der Waals surface area contributed by atoms with Gasteiger partial charge in [-0.25, -0.2) is 4.68 Å². The quantitative estimate of drug-likeness (QED) is 0.900. The van der Waals surface area contributed by atoms with Gasteiger partial charge < -0.3 is 10.2 Å². The molecule has 2 N–H and O–H groups in total. The standard InChI is InChI=1S/C13H13F3N2O2/c14-13(15,16)11-4-2-1-3-10(11)8-18-12(20)9(5-6-19)7-17-18/h1-4,7,17,19H,5-6,8H2. The lowest BCUT2D eigenvalue weighted by Crippen LogP contribution is -2.22. The predicted octanol–water partition coefficient (Wildman–Crippen LogP) is 1.78. The average Bonchev–Trinajstić information content (AvgIpc) is 2.72. The molecule has 2 rings (SSSR count). The van der Waals surface area contributed by atoms with Crippen molar-refractivity contribution < 1.29 is 18.3 Å². The number of rotatable bonds is 4. The molecule has 1 aromatic carbocycles. The molecule has 0 saturated heterocycles. The van der Waals surface area contributed by atoms with Crippen molar-refractivity contribution >= 4 is 0 Å². The number of H-pyrrole nitrogens is 1. The number of halogens is 3. The van der Waals surface area contributed by atoms with E-state index >= 15 is 0 Å². The average molecular weight is 286 g/mol. The molecule has 0 bridgehead atoms. The van der Waals surface area contributed by atoms with Gasteiger partial charge in [-0.2, -0.15) is 13.2 Å². The molecule has 0 atom stereocenters. The van der Waals surface area contributed by atoms with Crippen LogP contribution in [0.1, 0.15) is 16.7 Å². The third kappa shape index (κ3) is 2.93. The first kappa shape index (κ1) is 14.4. The Morgan fingerprint density at radius 3 is 2.55 bits per heavy atom. The molecular weight excluding hydrogens is 273 g/mol. The maximum atomic E-state index is 12.8. The van der Waals surface area contributed by atoms with Crippen LogP contribution in [0.4, 0.5) is 13.2 Å². The van der Waals surface area contributed by atoms with Crippen molar-refractivity contribution in [3.8, 4) is 0 Å². The number of nitrogens with zero attached hydrogens (tertiary/aromatic N) is 1. The monoisotopic (exact) mass is 286 g/mol. The van der Waals surface area contributed by atoms with Crippen molar-refractivity contribution in [2.45, 2.75) is 19.1 Å². The van der Waals surface area contributed by atoms with Gasteiger partial charge in [0.1, 0.15) is 0 Å². The number of hydrogen-bond donors (Lipinski definition) is 2. The van der Waals surface area contributed by atoms with E-state index < -0.39 is 17.3 Å². The summed E-state index contributed by atoms with van der Waals surface area (Å²) in [6.45, 7) is -0.383. The molecule has 0 spiro atoms. The molecular formula is C13H13F3N2O2. The van der Waals surface area contributed by atoms with E-state index in [2.05, 4.69) is 5.10 Å². The van der Waals surface area contributed by atoms with E-state index in [1.807, 2.05) is 0 Å².